The Morgan fingerprint density at radius 3 is 2.64 bits per heavy atom. The number of amidine groups is 1. The van der Waals surface area contributed by atoms with Crippen molar-refractivity contribution in [2.75, 3.05) is 6.61 Å². The minimum absolute atomic E-state index is 0.342. The van der Waals surface area contributed by atoms with E-state index in [1.807, 2.05) is 37.3 Å². The summed E-state index contributed by atoms with van der Waals surface area (Å²) in [4.78, 5) is 4.01. The van der Waals surface area contributed by atoms with E-state index in [9.17, 15) is 0 Å². The number of rotatable bonds is 4. The number of nitrogens with zero attached hydrogens (tertiary/aromatic N) is 1. The summed E-state index contributed by atoms with van der Waals surface area (Å²) in [6.45, 7) is 6.04. The van der Waals surface area contributed by atoms with Gasteiger partial charge < -0.3 is 10.5 Å². The molecule has 3 nitrogen and oxygen atoms in total. The van der Waals surface area contributed by atoms with Crippen LogP contribution in [0.15, 0.2) is 47.8 Å². The van der Waals surface area contributed by atoms with E-state index in [1.54, 1.807) is 0 Å². The van der Waals surface area contributed by atoms with Crippen molar-refractivity contribution < 1.29 is 4.74 Å². The number of aliphatic imine (C=N–C) groups is 1. The molecule has 0 amide bonds. The van der Waals surface area contributed by atoms with Crippen molar-refractivity contribution in [2.45, 2.75) is 6.92 Å². The first kappa shape index (κ1) is 10.3. The summed E-state index contributed by atoms with van der Waals surface area (Å²) < 4.78 is 5.07. The molecular weight excluding hydrogens is 176 g/mol. The third kappa shape index (κ3) is 2.94. The quantitative estimate of drug-likeness (QED) is 0.448. The monoisotopic (exact) mass is 190 g/mol. The zero-order valence-electron chi connectivity index (χ0n) is 8.23. The van der Waals surface area contributed by atoms with Crippen LogP contribution >= 0.6 is 0 Å². The van der Waals surface area contributed by atoms with Gasteiger partial charge in [-0.05, 0) is 13.5 Å². The number of nitrogens with two attached hydrogens (primary N) is 1. The lowest BCUT2D eigenvalue weighted by atomic mass is 10.2. The standard InChI is InChI=1S/C11H14N2O/c1-3-14-9(2)13-11(12)10-7-5-4-6-8-10/h4-8H,2-3H2,1H3,(H2,12,13). The van der Waals surface area contributed by atoms with Gasteiger partial charge in [-0.25, -0.2) is 0 Å². The van der Waals surface area contributed by atoms with Crippen molar-refractivity contribution in [2.24, 2.45) is 10.7 Å². The first-order chi connectivity index (χ1) is 6.74. The highest BCUT2D eigenvalue weighted by atomic mass is 16.5. The first-order valence-corrected chi connectivity index (χ1v) is 4.45. The molecule has 3 heteroatoms. The summed E-state index contributed by atoms with van der Waals surface area (Å²) in [7, 11) is 0. The van der Waals surface area contributed by atoms with Gasteiger partial charge in [0.05, 0.1) is 6.61 Å². The Hall–Kier alpha value is -1.77. The molecule has 0 saturated heterocycles. The van der Waals surface area contributed by atoms with Gasteiger partial charge in [-0.3, -0.25) is 0 Å². The van der Waals surface area contributed by atoms with Gasteiger partial charge >= 0.3 is 0 Å². The molecule has 0 aliphatic heterocycles. The second-order valence-electron chi connectivity index (χ2n) is 2.69. The highest BCUT2D eigenvalue weighted by Gasteiger charge is 1.97. The van der Waals surface area contributed by atoms with Gasteiger partial charge in [-0.2, -0.15) is 4.99 Å². The van der Waals surface area contributed by atoms with Crippen molar-refractivity contribution in [3.05, 3.63) is 48.4 Å². The van der Waals surface area contributed by atoms with Gasteiger partial charge in [0, 0.05) is 5.56 Å². The smallest absolute Gasteiger partial charge is 0.207 e. The van der Waals surface area contributed by atoms with E-state index in [-0.39, 0.29) is 0 Å². The normalized spacial score (nSPS) is 11.1. The van der Waals surface area contributed by atoms with Crippen molar-refractivity contribution in [1.82, 2.24) is 0 Å². The van der Waals surface area contributed by atoms with Crippen molar-refractivity contribution >= 4 is 5.84 Å². The summed E-state index contributed by atoms with van der Waals surface area (Å²) in [5, 5.41) is 0. The molecular formula is C11H14N2O. The van der Waals surface area contributed by atoms with Gasteiger partial charge in [0.2, 0.25) is 5.88 Å². The lowest BCUT2D eigenvalue weighted by molar-refractivity contribution is 0.229. The second kappa shape index (κ2) is 5.07. The largest absolute Gasteiger partial charge is 0.478 e. The van der Waals surface area contributed by atoms with E-state index < -0.39 is 0 Å². The Bertz CT molecular complexity index is 330. The molecule has 14 heavy (non-hydrogen) atoms. The SMILES string of the molecule is C=C(N=C(N)c1ccccc1)OCC. The molecule has 0 atom stereocenters. The zero-order valence-corrected chi connectivity index (χ0v) is 8.23. The lowest BCUT2D eigenvalue weighted by Gasteiger charge is -2.03. The van der Waals surface area contributed by atoms with Gasteiger partial charge in [0.15, 0.2) is 0 Å². The summed E-state index contributed by atoms with van der Waals surface area (Å²) >= 11 is 0. The Morgan fingerprint density at radius 1 is 1.43 bits per heavy atom. The number of ether oxygens (including phenoxy) is 1. The average Bonchev–Trinajstić information content (AvgIpc) is 2.19. The van der Waals surface area contributed by atoms with Gasteiger partial charge in [0.1, 0.15) is 5.84 Å². The Kier molecular flexibility index (Phi) is 3.73. The fourth-order valence-corrected chi connectivity index (χ4v) is 1.01. The van der Waals surface area contributed by atoms with Gasteiger partial charge in [-0.1, -0.05) is 30.3 Å². The molecule has 0 spiro atoms. The van der Waals surface area contributed by atoms with E-state index in [4.69, 9.17) is 10.5 Å². The highest BCUT2D eigenvalue weighted by molar-refractivity contribution is 5.97. The second-order valence-corrected chi connectivity index (χ2v) is 2.69. The summed E-state index contributed by atoms with van der Waals surface area (Å²) in [5.41, 5.74) is 6.60. The molecule has 0 bridgehead atoms. The van der Waals surface area contributed by atoms with Crippen LogP contribution in [0.4, 0.5) is 0 Å². The number of hydrogen-bond acceptors (Lipinski definition) is 2. The molecule has 2 N–H and O–H groups in total. The molecule has 1 rings (SSSR count). The maximum atomic E-state index is 5.74. The summed E-state index contributed by atoms with van der Waals surface area (Å²) in [5.74, 6) is 0.762. The lowest BCUT2D eigenvalue weighted by Crippen LogP contribution is -2.13. The molecule has 0 saturated carbocycles. The summed E-state index contributed by atoms with van der Waals surface area (Å²) in [6.07, 6.45) is 0. The third-order valence-electron chi connectivity index (χ3n) is 1.63. The van der Waals surface area contributed by atoms with Gasteiger partial charge in [-0.15, -0.1) is 0 Å². The molecule has 0 aliphatic carbocycles. The molecule has 0 unspecified atom stereocenters. The predicted molar refractivity (Wildman–Crippen MR) is 57.9 cm³/mol. The van der Waals surface area contributed by atoms with Crippen LogP contribution in [-0.4, -0.2) is 12.4 Å². The molecule has 74 valence electrons. The fourth-order valence-electron chi connectivity index (χ4n) is 1.01. The Morgan fingerprint density at radius 2 is 2.07 bits per heavy atom. The van der Waals surface area contributed by atoms with E-state index in [2.05, 4.69) is 11.6 Å². The van der Waals surface area contributed by atoms with Crippen LogP contribution in [0, 0.1) is 0 Å². The van der Waals surface area contributed by atoms with E-state index in [0.29, 0.717) is 18.3 Å². The Balaban J connectivity index is 2.75. The molecule has 0 aromatic heterocycles. The van der Waals surface area contributed by atoms with E-state index in [1.165, 1.54) is 0 Å². The number of hydrogen-bond donors (Lipinski definition) is 1. The van der Waals surface area contributed by atoms with Crippen LogP contribution in [0.5, 0.6) is 0 Å². The molecule has 0 fully saturated rings. The fraction of sp³-hybridized carbons (Fsp3) is 0.182. The van der Waals surface area contributed by atoms with Crippen LogP contribution in [0.3, 0.4) is 0 Å². The maximum Gasteiger partial charge on any atom is 0.207 e. The average molecular weight is 190 g/mol. The van der Waals surface area contributed by atoms with Crippen molar-refractivity contribution in [3.8, 4) is 0 Å². The Labute approximate surface area is 83.9 Å². The number of benzene rings is 1. The maximum absolute atomic E-state index is 5.74. The van der Waals surface area contributed by atoms with E-state index >= 15 is 0 Å². The van der Waals surface area contributed by atoms with Crippen LogP contribution in [0.1, 0.15) is 12.5 Å². The van der Waals surface area contributed by atoms with Crippen LogP contribution in [0.25, 0.3) is 0 Å². The molecule has 1 aromatic carbocycles. The van der Waals surface area contributed by atoms with Crippen molar-refractivity contribution in [3.63, 3.8) is 0 Å². The van der Waals surface area contributed by atoms with Crippen LogP contribution in [-0.2, 0) is 4.74 Å². The van der Waals surface area contributed by atoms with E-state index in [0.717, 1.165) is 5.56 Å². The summed E-state index contributed by atoms with van der Waals surface area (Å²) in [6, 6.07) is 9.51. The van der Waals surface area contributed by atoms with Crippen molar-refractivity contribution in [1.29, 1.82) is 0 Å². The van der Waals surface area contributed by atoms with Gasteiger partial charge in [0.25, 0.3) is 0 Å². The zero-order chi connectivity index (χ0) is 10.4. The predicted octanol–water partition coefficient (Wildman–Crippen LogP) is 1.90. The minimum Gasteiger partial charge on any atom is -0.478 e. The molecule has 0 aliphatic rings. The first-order valence-electron chi connectivity index (χ1n) is 4.45. The van der Waals surface area contributed by atoms with Crippen LogP contribution < -0.4 is 5.73 Å². The molecule has 1 aromatic rings. The van der Waals surface area contributed by atoms with Crippen LogP contribution in [0.2, 0.25) is 0 Å². The third-order valence-corrected chi connectivity index (χ3v) is 1.63. The highest BCUT2D eigenvalue weighted by Crippen LogP contribution is 2.01. The topological polar surface area (TPSA) is 47.6 Å². The molecule has 0 heterocycles. The molecule has 0 radical (unpaired) electrons. The minimum atomic E-state index is 0.342.